The largest absolute Gasteiger partial charge is 0.276 e. The van der Waals surface area contributed by atoms with Crippen LogP contribution in [-0.2, 0) is 0 Å². The van der Waals surface area contributed by atoms with Crippen LogP contribution in [0.15, 0.2) is 97.2 Å². The standard InChI is InChI=1S/C34H16Cl2N4O6/c35-28(41)19-5-11-23-25(15-19)33(45)39(31(23)43)21-7-1-17(2-8-21)27-13-14-37-30(38-27)18-3-9-22(10-4-18)40-32(44)24-12-6-20(29(36)42)16-26(24)34(40)46/h1-16H. The molecule has 222 valence electrons. The summed E-state index contributed by atoms with van der Waals surface area (Å²) >= 11 is 11.1. The van der Waals surface area contributed by atoms with Gasteiger partial charge < -0.3 is 0 Å². The topological polar surface area (TPSA) is 135 Å². The number of nitrogens with zero attached hydrogens (tertiary/aromatic N) is 4. The van der Waals surface area contributed by atoms with Crippen LogP contribution in [0.5, 0.6) is 0 Å². The minimum Gasteiger partial charge on any atom is -0.276 e. The molecule has 2 aliphatic heterocycles. The normalized spacial score (nSPS) is 13.7. The van der Waals surface area contributed by atoms with Crippen LogP contribution < -0.4 is 9.80 Å². The van der Waals surface area contributed by atoms with E-state index in [9.17, 15) is 28.8 Å². The van der Waals surface area contributed by atoms with Crippen molar-refractivity contribution >= 4 is 68.7 Å². The maximum atomic E-state index is 13.1. The first-order valence-electron chi connectivity index (χ1n) is 13.6. The molecule has 0 fully saturated rings. The minimum atomic E-state index is -0.729. The van der Waals surface area contributed by atoms with E-state index in [0.717, 1.165) is 9.80 Å². The zero-order valence-electron chi connectivity index (χ0n) is 23.2. The van der Waals surface area contributed by atoms with Gasteiger partial charge in [0, 0.05) is 28.5 Å². The molecule has 7 rings (SSSR count). The predicted molar refractivity (Wildman–Crippen MR) is 168 cm³/mol. The first-order chi connectivity index (χ1) is 22.1. The molecule has 0 bridgehead atoms. The lowest BCUT2D eigenvalue weighted by Gasteiger charge is -2.15. The average molecular weight is 647 g/mol. The van der Waals surface area contributed by atoms with Crippen molar-refractivity contribution in [3.05, 3.63) is 131 Å². The van der Waals surface area contributed by atoms with E-state index in [0.29, 0.717) is 34.0 Å². The third kappa shape index (κ3) is 4.68. The maximum Gasteiger partial charge on any atom is 0.266 e. The van der Waals surface area contributed by atoms with E-state index < -0.39 is 34.1 Å². The van der Waals surface area contributed by atoms with E-state index >= 15 is 0 Å². The van der Waals surface area contributed by atoms with E-state index in [-0.39, 0.29) is 33.4 Å². The molecule has 4 amide bonds. The van der Waals surface area contributed by atoms with E-state index in [4.69, 9.17) is 23.2 Å². The van der Waals surface area contributed by atoms with Gasteiger partial charge in [0.2, 0.25) is 0 Å². The average Bonchev–Trinajstić information content (AvgIpc) is 3.48. The highest BCUT2D eigenvalue weighted by atomic mass is 35.5. The fourth-order valence-corrected chi connectivity index (χ4v) is 5.63. The van der Waals surface area contributed by atoms with Gasteiger partial charge in [-0.2, -0.15) is 0 Å². The van der Waals surface area contributed by atoms with Gasteiger partial charge in [-0.3, -0.25) is 28.8 Å². The molecule has 0 radical (unpaired) electrons. The van der Waals surface area contributed by atoms with Crippen molar-refractivity contribution in [2.24, 2.45) is 0 Å². The van der Waals surface area contributed by atoms with Crippen LogP contribution in [0.4, 0.5) is 11.4 Å². The van der Waals surface area contributed by atoms with Gasteiger partial charge in [-0.15, -0.1) is 0 Å². The van der Waals surface area contributed by atoms with Crippen LogP contribution in [0.2, 0.25) is 0 Å². The first-order valence-corrected chi connectivity index (χ1v) is 14.4. The summed E-state index contributed by atoms with van der Waals surface area (Å²) in [6.07, 6.45) is 1.58. The third-order valence-corrected chi connectivity index (χ3v) is 8.12. The molecular formula is C34H16Cl2N4O6. The van der Waals surface area contributed by atoms with Gasteiger partial charge in [0.25, 0.3) is 34.1 Å². The van der Waals surface area contributed by atoms with Gasteiger partial charge in [-0.1, -0.05) is 12.1 Å². The predicted octanol–water partition coefficient (Wildman–Crippen LogP) is 6.17. The second-order valence-electron chi connectivity index (χ2n) is 10.3. The van der Waals surface area contributed by atoms with Crippen molar-refractivity contribution in [3.8, 4) is 22.6 Å². The fourth-order valence-electron chi connectivity index (χ4n) is 5.39. The zero-order chi connectivity index (χ0) is 32.3. The second-order valence-corrected chi connectivity index (χ2v) is 11.0. The highest BCUT2D eigenvalue weighted by Gasteiger charge is 2.38. The summed E-state index contributed by atoms with van der Waals surface area (Å²) in [7, 11) is 0. The number of rotatable bonds is 6. The van der Waals surface area contributed by atoms with Crippen molar-refractivity contribution in [3.63, 3.8) is 0 Å². The summed E-state index contributed by atoms with van der Waals surface area (Å²) in [6, 6.07) is 23.2. The number of fused-ring (bicyclic) bond motifs is 2. The fraction of sp³-hybridized carbons (Fsp3) is 0. The van der Waals surface area contributed by atoms with Crippen molar-refractivity contribution in [1.82, 2.24) is 9.97 Å². The molecule has 2 aliphatic rings. The Morgan fingerprint density at radius 1 is 0.522 bits per heavy atom. The molecule has 0 saturated carbocycles. The van der Waals surface area contributed by atoms with E-state index in [1.54, 1.807) is 60.8 Å². The Hall–Kier alpha value is -5.84. The van der Waals surface area contributed by atoms with Crippen LogP contribution in [0.25, 0.3) is 22.6 Å². The molecule has 12 heteroatoms. The molecular weight excluding hydrogens is 631 g/mol. The number of aromatic nitrogens is 2. The van der Waals surface area contributed by atoms with Crippen LogP contribution >= 0.6 is 23.2 Å². The molecule has 0 unspecified atom stereocenters. The molecule has 0 saturated heterocycles. The van der Waals surface area contributed by atoms with Crippen LogP contribution in [-0.4, -0.2) is 44.1 Å². The zero-order valence-corrected chi connectivity index (χ0v) is 24.7. The minimum absolute atomic E-state index is 0.0996. The number of benzene rings is 4. The summed E-state index contributed by atoms with van der Waals surface area (Å²) in [5.74, 6) is -1.77. The Balaban J connectivity index is 1.11. The van der Waals surface area contributed by atoms with Crippen LogP contribution in [0.3, 0.4) is 0 Å². The number of anilines is 2. The molecule has 0 N–H and O–H groups in total. The molecule has 1 aromatic heterocycles. The van der Waals surface area contributed by atoms with Crippen LogP contribution in [0, 0.1) is 0 Å². The van der Waals surface area contributed by atoms with Crippen molar-refractivity contribution in [2.75, 3.05) is 9.80 Å². The van der Waals surface area contributed by atoms with Gasteiger partial charge in [0.1, 0.15) is 0 Å². The molecule has 5 aromatic rings. The van der Waals surface area contributed by atoms with Gasteiger partial charge in [0.05, 0.1) is 39.3 Å². The smallest absolute Gasteiger partial charge is 0.266 e. The highest BCUT2D eigenvalue weighted by molar-refractivity contribution is 6.68. The summed E-state index contributed by atoms with van der Waals surface area (Å²) in [4.78, 5) is 86.2. The van der Waals surface area contributed by atoms with Crippen molar-refractivity contribution < 1.29 is 28.8 Å². The lowest BCUT2D eigenvalue weighted by atomic mass is 10.1. The van der Waals surface area contributed by atoms with Gasteiger partial charge in [-0.05, 0) is 102 Å². The molecule has 0 atom stereocenters. The lowest BCUT2D eigenvalue weighted by Crippen LogP contribution is -2.29. The Morgan fingerprint density at radius 3 is 1.41 bits per heavy atom. The number of hydrogen-bond acceptors (Lipinski definition) is 8. The number of hydrogen-bond donors (Lipinski definition) is 0. The number of carbonyl (C=O) groups is 6. The number of imide groups is 2. The van der Waals surface area contributed by atoms with E-state index in [1.807, 2.05) is 0 Å². The number of amides is 4. The number of halogens is 2. The summed E-state index contributed by atoms with van der Waals surface area (Å²) in [6.45, 7) is 0. The van der Waals surface area contributed by atoms with Crippen molar-refractivity contribution in [2.45, 2.75) is 0 Å². The summed E-state index contributed by atoms with van der Waals surface area (Å²) < 4.78 is 0. The molecule has 10 nitrogen and oxygen atoms in total. The quantitative estimate of drug-likeness (QED) is 0.158. The SMILES string of the molecule is O=C(Cl)c1ccc2c(c1)C(=O)N(c1ccc(-c3ccnc(-c4ccc(N5C(=O)c6ccc(C(=O)Cl)cc6C5=O)cc4)n3)cc1)C2=O. The second kappa shape index (κ2) is 11.0. The van der Waals surface area contributed by atoms with Crippen molar-refractivity contribution in [1.29, 1.82) is 0 Å². The molecule has 0 aliphatic carbocycles. The van der Waals surface area contributed by atoms with Gasteiger partial charge in [-0.25, -0.2) is 19.8 Å². The Kier molecular flexibility index (Phi) is 6.88. The van der Waals surface area contributed by atoms with E-state index in [1.165, 1.54) is 36.4 Å². The summed E-state index contributed by atoms with van der Waals surface area (Å²) in [5.41, 5.74) is 3.36. The maximum absolute atomic E-state index is 13.1. The monoisotopic (exact) mass is 646 g/mol. The van der Waals surface area contributed by atoms with E-state index in [2.05, 4.69) is 9.97 Å². The first kappa shape index (κ1) is 28.9. The van der Waals surface area contributed by atoms with Crippen LogP contribution in [0.1, 0.15) is 62.1 Å². The Labute approximate surface area is 269 Å². The molecule has 4 aromatic carbocycles. The number of carbonyl (C=O) groups excluding carboxylic acids is 6. The lowest BCUT2D eigenvalue weighted by molar-refractivity contribution is 0.0910. The Morgan fingerprint density at radius 2 is 0.957 bits per heavy atom. The molecule has 46 heavy (non-hydrogen) atoms. The molecule has 3 heterocycles. The summed E-state index contributed by atoms with van der Waals surface area (Å²) in [5, 5.41) is -1.46. The molecule has 0 spiro atoms. The van der Waals surface area contributed by atoms with Gasteiger partial charge >= 0.3 is 0 Å². The third-order valence-electron chi connectivity index (χ3n) is 7.69. The van der Waals surface area contributed by atoms with Gasteiger partial charge in [0.15, 0.2) is 5.82 Å². The highest BCUT2D eigenvalue weighted by Crippen LogP contribution is 2.33. The Bertz CT molecular complexity index is 2050.